The van der Waals surface area contributed by atoms with Gasteiger partial charge in [-0.15, -0.1) is 11.3 Å². The van der Waals surface area contributed by atoms with Gasteiger partial charge in [0.25, 0.3) is 0 Å². The quantitative estimate of drug-likeness (QED) is 0.770. The molecule has 0 aliphatic carbocycles. The number of thiophene rings is 1. The van der Waals surface area contributed by atoms with Crippen LogP contribution in [-0.2, 0) is 12.8 Å². The molecular formula is C15H20BrNOS. The molecule has 1 N–H and O–H groups in total. The topological polar surface area (TPSA) is 25.2 Å². The molecule has 2 aromatic rings. The van der Waals surface area contributed by atoms with Gasteiger partial charge in [0.1, 0.15) is 5.76 Å². The molecule has 0 saturated heterocycles. The molecule has 0 radical (unpaired) electrons. The summed E-state index contributed by atoms with van der Waals surface area (Å²) in [4.78, 5) is 2.86. The molecular weight excluding hydrogens is 322 g/mol. The van der Waals surface area contributed by atoms with E-state index < -0.39 is 0 Å². The zero-order valence-corrected chi connectivity index (χ0v) is 13.8. The predicted octanol–water partition coefficient (Wildman–Crippen LogP) is 4.95. The molecule has 0 bridgehead atoms. The number of rotatable bonds is 7. The molecule has 2 heterocycles. The molecule has 1 atom stereocenters. The van der Waals surface area contributed by atoms with E-state index >= 15 is 0 Å². The number of nitrogens with one attached hydrogen (secondary N) is 1. The molecule has 2 aromatic heterocycles. The zero-order valence-electron chi connectivity index (χ0n) is 11.4. The van der Waals surface area contributed by atoms with E-state index in [-0.39, 0.29) is 6.04 Å². The van der Waals surface area contributed by atoms with E-state index in [1.165, 1.54) is 9.75 Å². The van der Waals surface area contributed by atoms with Crippen molar-refractivity contribution in [1.29, 1.82) is 0 Å². The van der Waals surface area contributed by atoms with Gasteiger partial charge in [0.05, 0.1) is 6.04 Å². The van der Waals surface area contributed by atoms with Crippen LogP contribution < -0.4 is 5.32 Å². The summed E-state index contributed by atoms with van der Waals surface area (Å²) < 4.78 is 6.50. The molecule has 0 spiro atoms. The summed E-state index contributed by atoms with van der Waals surface area (Å²) in [7, 11) is 0. The highest BCUT2D eigenvalue weighted by molar-refractivity contribution is 9.10. The Morgan fingerprint density at radius 2 is 2.00 bits per heavy atom. The first-order valence-corrected chi connectivity index (χ1v) is 8.40. The average molecular weight is 342 g/mol. The summed E-state index contributed by atoms with van der Waals surface area (Å²) in [5, 5.41) is 3.57. The lowest BCUT2D eigenvalue weighted by atomic mass is 10.1. The Morgan fingerprint density at radius 3 is 2.58 bits per heavy atom. The summed E-state index contributed by atoms with van der Waals surface area (Å²) in [6.07, 6.45) is 3.23. The number of aryl methyl sites for hydroxylation is 1. The number of furan rings is 1. The fourth-order valence-electron chi connectivity index (χ4n) is 2.03. The van der Waals surface area contributed by atoms with Gasteiger partial charge in [-0.3, -0.25) is 0 Å². The maximum absolute atomic E-state index is 5.71. The highest BCUT2D eigenvalue weighted by Crippen LogP contribution is 2.26. The van der Waals surface area contributed by atoms with Crippen LogP contribution in [0.15, 0.2) is 33.4 Å². The molecule has 0 aromatic carbocycles. The van der Waals surface area contributed by atoms with Crippen LogP contribution in [0.2, 0.25) is 0 Å². The Morgan fingerprint density at radius 1 is 1.21 bits per heavy atom. The van der Waals surface area contributed by atoms with E-state index in [0.29, 0.717) is 0 Å². The molecule has 0 saturated carbocycles. The van der Waals surface area contributed by atoms with Crippen LogP contribution in [0.3, 0.4) is 0 Å². The highest BCUT2D eigenvalue weighted by Gasteiger charge is 2.16. The van der Waals surface area contributed by atoms with E-state index in [9.17, 15) is 0 Å². The van der Waals surface area contributed by atoms with Crippen molar-refractivity contribution in [3.63, 3.8) is 0 Å². The van der Waals surface area contributed by atoms with Crippen molar-refractivity contribution in [3.8, 4) is 0 Å². The molecule has 1 unspecified atom stereocenters. The van der Waals surface area contributed by atoms with Crippen LogP contribution >= 0.6 is 27.3 Å². The summed E-state index contributed by atoms with van der Waals surface area (Å²) in [5.41, 5.74) is 0. The van der Waals surface area contributed by atoms with Gasteiger partial charge in [-0.05, 0) is 59.6 Å². The molecule has 0 amide bonds. The molecule has 104 valence electrons. The first-order chi connectivity index (χ1) is 9.22. The van der Waals surface area contributed by atoms with Gasteiger partial charge < -0.3 is 9.73 Å². The van der Waals surface area contributed by atoms with Gasteiger partial charge in [-0.1, -0.05) is 13.8 Å². The fraction of sp³-hybridized carbons (Fsp3) is 0.467. The second kappa shape index (κ2) is 7.27. The first kappa shape index (κ1) is 14.8. The molecule has 0 aliphatic rings. The minimum Gasteiger partial charge on any atom is -0.453 e. The molecule has 2 nitrogen and oxygen atoms in total. The monoisotopic (exact) mass is 341 g/mol. The van der Waals surface area contributed by atoms with Gasteiger partial charge in [-0.2, -0.15) is 0 Å². The average Bonchev–Trinajstić information content (AvgIpc) is 3.03. The van der Waals surface area contributed by atoms with E-state index in [0.717, 1.165) is 36.2 Å². The minimum atomic E-state index is 0.259. The maximum Gasteiger partial charge on any atom is 0.169 e. The van der Waals surface area contributed by atoms with Crippen molar-refractivity contribution >= 4 is 27.3 Å². The second-order valence-corrected chi connectivity index (χ2v) is 6.61. The molecule has 0 fully saturated rings. The normalized spacial score (nSPS) is 12.8. The maximum atomic E-state index is 5.71. The summed E-state index contributed by atoms with van der Waals surface area (Å²) in [5.74, 6) is 1.01. The van der Waals surface area contributed by atoms with Gasteiger partial charge in [0.2, 0.25) is 0 Å². The van der Waals surface area contributed by atoms with Gasteiger partial charge >= 0.3 is 0 Å². The Bertz CT molecular complexity index is 506. The standard InChI is InChI=1S/C15H20BrNOS/c1-3-9-17-13(14-7-8-15(16)18-14)10-12-6-5-11(4-2)19-12/h5-8,13,17H,3-4,9-10H2,1-2H3. The first-order valence-electron chi connectivity index (χ1n) is 6.79. The lowest BCUT2D eigenvalue weighted by Gasteiger charge is -2.15. The van der Waals surface area contributed by atoms with E-state index in [1.54, 1.807) is 0 Å². The van der Waals surface area contributed by atoms with Crippen LogP contribution in [0.25, 0.3) is 0 Å². The lowest BCUT2D eigenvalue weighted by Crippen LogP contribution is -2.23. The number of hydrogen-bond donors (Lipinski definition) is 1. The van der Waals surface area contributed by atoms with Crippen molar-refractivity contribution in [2.75, 3.05) is 6.54 Å². The Hall–Kier alpha value is -0.580. The molecule has 19 heavy (non-hydrogen) atoms. The largest absolute Gasteiger partial charge is 0.453 e. The zero-order chi connectivity index (χ0) is 13.7. The molecule has 0 aliphatic heterocycles. The summed E-state index contributed by atoms with van der Waals surface area (Å²) >= 11 is 5.28. The molecule has 2 rings (SSSR count). The van der Waals surface area contributed by atoms with Crippen molar-refractivity contribution in [3.05, 3.63) is 44.4 Å². The third-order valence-electron chi connectivity index (χ3n) is 3.05. The van der Waals surface area contributed by atoms with Crippen molar-refractivity contribution < 1.29 is 4.42 Å². The van der Waals surface area contributed by atoms with Crippen molar-refractivity contribution in [1.82, 2.24) is 5.32 Å². The van der Waals surface area contributed by atoms with Crippen LogP contribution in [0, 0.1) is 0 Å². The predicted molar refractivity (Wildman–Crippen MR) is 84.8 cm³/mol. The van der Waals surface area contributed by atoms with Gasteiger partial charge in [-0.25, -0.2) is 0 Å². The van der Waals surface area contributed by atoms with E-state index in [4.69, 9.17) is 4.42 Å². The number of hydrogen-bond acceptors (Lipinski definition) is 3. The second-order valence-electron chi connectivity index (χ2n) is 4.57. The van der Waals surface area contributed by atoms with E-state index in [1.807, 2.05) is 23.5 Å². The lowest BCUT2D eigenvalue weighted by molar-refractivity contribution is 0.401. The van der Waals surface area contributed by atoms with Gasteiger partial charge in [0, 0.05) is 16.2 Å². The Kier molecular flexibility index (Phi) is 5.67. The third kappa shape index (κ3) is 4.20. The fourth-order valence-corrected chi connectivity index (χ4v) is 3.35. The smallest absolute Gasteiger partial charge is 0.169 e. The Labute approximate surface area is 127 Å². The van der Waals surface area contributed by atoms with Gasteiger partial charge in [0.15, 0.2) is 4.67 Å². The van der Waals surface area contributed by atoms with Crippen LogP contribution in [-0.4, -0.2) is 6.54 Å². The Balaban J connectivity index is 2.09. The number of halogens is 1. The summed E-state index contributed by atoms with van der Waals surface area (Å²) in [6, 6.07) is 8.74. The molecule has 4 heteroatoms. The minimum absolute atomic E-state index is 0.259. The SMILES string of the molecule is CCCNC(Cc1ccc(CC)s1)c1ccc(Br)o1. The van der Waals surface area contributed by atoms with Crippen LogP contribution in [0.4, 0.5) is 0 Å². The van der Waals surface area contributed by atoms with Crippen LogP contribution in [0.5, 0.6) is 0 Å². The van der Waals surface area contributed by atoms with Crippen molar-refractivity contribution in [2.45, 2.75) is 39.2 Å². The highest BCUT2D eigenvalue weighted by atomic mass is 79.9. The van der Waals surface area contributed by atoms with Crippen molar-refractivity contribution in [2.24, 2.45) is 0 Å². The van der Waals surface area contributed by atoms with E-state index in [2.05, 4.69) is 47.2 Å². The van der Waals surface area contributed by atoms with Crippen LogP contribution in [0.1, 0.15) is 41.8 Å². The third-order valence-corrected chi connectivity index (χ3v) is 4.73. The summed E-state index contributed by atoms with van der Waals surface area (Å²) in [6.45, 7) is 5.39.